The van der Waals surface area contributed by atoms with Crippen LogP contribution < -0.4 is 10.1 Å². The lowest BCUT2D eigenvalue weighted by Crippen LogP contribution is -2.39. The summed E-state index contributed by atoms with van der Waals surface area (Å²) < 4.78 is 54.6. The molecule has 3 aromatic heterocycles. The number of nitrogens with one attached hydrogen (secondary N) is 1. The van der Waals surface area contributed by atoms with Crippen LogP contribution in [-0.4, -0.2) is 55.2 Å². The van der Waals surface area contributed by atoms with Crippen molar-refractivity contribution < 1.29 is 32.3 Å². The number of halogens is 3. The highest BCUT2D eigenvalue weighted by Gasteiger charge is 2.41. The van der Waals surface area contributed by atoms with Gasteiger partial charge in [0.15, 0.2) is 11.5 Å². The molecule has 13 heteroatoms. The average molecular weight is 543 g/mol. The number of alkyl halides is 3. The van der Waals surface area contributed by atoms with E-state index in [1.165, 1.54) is 32.6 Å². The van der Waals surface area contributed by atoms with Gasteiger partial charge in [-0.05, 0) is 44.4 Å². The third-order valence-electron chi connectivity index (χ3n) is 6.48. The van der Waals surface area contributed by atoms with Gasteiger partial charge in [-0.2, -0.15) is 18.3 Å². The SMILES string of the molecule is COc1c(C(=O)NC2CCC2)cccc1-c1noc(-c2cnn(CC(C)O)c2C(F)(F)F)c1-c1ccncn1. The van der Waals surface area contributed by atoms with Gasteiger partial charge in [0.1, 0.15) is 17.8 Å². The van der Waals surface area contributed by atoms with Crippen molar-refractivity contribution in [1.82, 2.24) is 30.2 Å². The standard InChI is InChI=1S/C26H25F3N6O4/c1-14(36)12-35-24(26(27,28)29)18(11-32-35)23-20(19-9-10-30-13-31-19)21(34-39-23)16-7-4-8-17(22(16)38-2)25(37)33-15-5-3-6-15/h4,7-11,13-15,36H,3,5-6,12H2,1-2H3,(H,33,37). The van der Waals surface area contributed by atoms with Crippen molar-refractivity contribution in [3.05, 3.63) is 54.2 Å². The summed E-state index contributed by atoms with van der Waals surface area (Å²) in [5, 5.41) is 20.7. The highest BCUT2D eigenvalue weighted by atomic mass is 19.4. The molecule has 0 radical (unpaired) electrons. The van der Waals surface area contributed by atoms with E-state index in [1.807, 2.05) is 0 Å². The number of hydrogen-bond acceptors (Lipinski definition) is 8. The second-order valence-corrected chi connectivity index (χ2v) is 9.25. The molecule has 0 bridgehead atoms. The van der Waals surface area contributed by atoms with Gasteiger partial charge in [-0.3, -0.25) is 9.48 Å². The maximum absolute atomic E-state index is 14.2. The zero-order chi connectivity index (χ0) is 27.7. The Morgan fingerprint density at radius 1 is 1.28 bits per heavy atom. The first-order chi connectivity index (χ1) is 18.7. The molecule has 1 amide bonds. The molecule has 39 heavy (non-hydrogen) atoms. The molecule has 1 aliphatic carbocycles. The number of benzene rings is 1. The first-order valence-electron chi connectivity index (χ1n) is 12.2. The summed E-state index contributed by atoms with van der Waals surface area (Å²) >= 11 is 0. The molecule has 2 N–H and O–H groups in total. The van der Waals surface area contributed by atoms with Crippen molar-refractivity contribution in [2.75, 3.05) is 7.11 Å². The predicted molar refractivity (Wildman–Crippen MR) is 133 cm³/mol. The number of carbonyl (C=O) groups is 1. The third-order valence-corrected chi connectivity index (χ3v) is 6.48. The van der Waals surface area contributed by atoms with Crippen molar-refractivity contribution >= 4 is 5.91 Å². The van der Waals surface area contributed by atoms with Gasteiger partial charge >= 0.3 is 6.18 Å². The lowest BCUT2D eigenvalue weighted by molar-refractivity contribution is -0.144. The van der Waals surface area contributed by atoms with E-state index in [2.05, 4.69) is 25.5 Å². The topological polar surface area (TPSA) is 128 Å². The Morgan fingerprint density at radius 3 is 2.69 bits per heavy atom. The second-order valence-electron chi connectivity index (χ2n) is 9.25. The first-order valence-corrected chi connectivity index (χ1v) is 12.2. The lowest BCUT2D eigenvalue weighted by Gasteiger charge is -2.26. The van der Waals surface area contributed by atoms with Gasteiger partial charge in [-0.15, -0.1) is 0 Å². The van der Waals surface area contributed by atoms with Crippen LogP contribution in [0.5, 0.6) is 5.75 Å². The summed E-state index contributed by atoms with van der Waals surface area (Å²) in [5.41, 5.74) is -0.424. The van der Waals surface area contributed by atoms with Crippen molar-refractivity contribution in [3.8, 4) is 39.6 Å². The predicted octanol–water partition coefficient (Wildman–Crippen LogP) is 4.35. The average Bonchev–Trinajstić information content (AvgIpc) is 3.50. The molecule has 1 atom stereocenters. The van der Waals surface area contributed by atoms with Crippen LogP contribution in [0.3, 0.4) is 0 Å². The number of rotatable bonds is 8. The number of aromatic nitrogens is 5. The molecule has 204 valence electrons. The Hall–Kier alpha value is -4.26. The molecule has 1 aliphatic rings. The Balaban J connectivity index is 1.70. The summed E-state index contributed by atoms with van der Waals surface area (Å²) in [7, 11) is 1.40. The smallest absolute Gasteiger partial charge is 0.433 e. The van der Waals surface area contributed by atoms with E-state index in [1.54, 1.807) is 18.2 Å². The van der Waals surface area contributed by atoms with Gasteiger partial charge in [0.25, 0.3) is 5.91 Å². The molecule has 0 aliphatic heterocycles. The quantitative estimate of drug-likeness (QED) is 0.336. The molecule has 1 fully saturated rings. The van der Waals surface area contributed by atoms with Gasteiger partial charge < -0.3 is 19.7 Å². The molecule has 4 aromatic rings. The maximum atomic E-state index is 14.2. The Kier molecular flexibility index (Phi) is 7.08. The van der Waals surface area contributed by atoms with E-state index in [4.69, 9.17) is 9.26 Å². The number of para-hydroxylation sites is 1. The molecule has 1 unspecified atom stereocenters. The summed E-state index contributed by atoms with van der Waals surface area (Å²) in [6, 6.07) is 6.45. The lowest BCUT2D eigenvalue weighted by atomic mass is 9.92. The highest BCUT2D eigenvalue weighted by molar-refractivity contribution is 6.01. The monoisotopic (exact) mass is 542 g/mol. The Labute approximate surface area is 220 Å². The van der Waals surface area contributed by atoms with E-state index < -0.39 is 18.0 Å². The van der Waals surface area contributed by atoms with E-state index in [-0.39, 0.29) is 58.1 Å². The molecule has 10 nitrogen and oxygen atoms in total. The van der Waals surface area contributed by atoms with Gasteiger partial charge in [-0.1, -0.05) is 11.2 Å². The van der Waals surface area contributed by atoms with Crippen LogP contribution in [0.1, 0.15) is 42.2 Å². The summed E-state index contributed by atoms with van der Waals surface area (Å²) in [6.45, 7) is 0.978. The zero-order valence-electron chi connectivity index (χ0n) is 21.1. The number of aliphatic hydroxyl groups is 1. The maximum Gasteiger partial charge on any atom is 0.433 e. The van der Waals surface area contributed by atoms with Crippen molar-refractivity contribution in [2.45, 2.75) is 51.1 Å². The molecule has 1 aromatic carbocycles. The zero-order valence-corrected chi connectivity index (χ0v) is 21.1. The van der Waals surface area contributed by atoms with Crippen LogP contribution in [0, 0.1) is 0 Å². The summed E-state index contributed by atoms with van der Waals surface area (Å²) in [5.74, 6) is -0.381. The number of aliphatic hydroxyl groups excluding tert-OH is 1. The summed E-state index contributed by atoms with van der Waals surface area (Å²) in [4.78, 5) is 21.2. The number of methoxy groups -OCH3 is 1. The van der Waals surface area contributed by atoms with Crippen molar-refractivity contribution in [1.29, 1.82) is 0 Å². The minimum absolute atomic E-state index is 0.0834. The number of hydrogen-bond donors (Lipinski definition) is 2. The van der Waals surface area contributed by atoms with E-state index in [0.717, 1.165) is 25.5 Å². The summed E-state index contributed by atoms with van der Waals surface area (Å²) in [6.07, 6.45) is 0.614. The third kappa shape index (κ3) is 5.09. The van der Waals surface area contributed by atoms with Crippen LogP contribution in [0.2, 0.25) is 0 Å². The van der Waals surface area contributed by atoms with Crippen LogP contribution in [0.25, 0.3) is 33.8 Å². The number of carbonyl (C=O) groups excluding carboxylic acids is 1. The van der Waals surface area contributed by atoms with Crippen LogP contribution in [-0.2, 0) is 12.7 Å². The molecule has 0 saturated heterocycles. The fourth-order valence-corrected chi connectivity index (χ4v) is 4.51. The van der Waals surface area contributed by atoms with Gasteiger partial charge in [0.2, 0.25) is 0 Å². The second kappa shape index (κ2) is 10.5. The Bertz CT molecular complexity index is 1480. The van der Waals surface area contributed by atoms with Crippen molar-refractivity contribution in [2.24, 2.45) is 0 Å². The highest BCUT2D eigenvalue weighted by Crippen LogP contribution is 2.46. The van der Waals surface area contributed by atoms with Gasteiger partial charge in [0.05, 0.1) is 48.3 Å². The molecular weight excluding hydrogens is 517 g/mol. The number of nitrogens with zero attached hydrogens (tertiary/aromatic N) is 5. The number of amides is 1. The molecule has 1 saturated carbocycles. The Morgan fingerprint density at radius 2 is 2.08 bits per heavy atom. The molecule has 0 spiro atoms. The largest absolute Gasteiger partial charge is 0.495 e. The van der Waals surface area contributed by atoms with E-state index in [0.29, 0.717) is 10.2 Å². The fourth-order valence-electron chi connectivity index (χ4n) is 4.51. The van der Waals surface area contributed by atoms with Crippen LogP contribution in [0.15, 0.2) is 47.5 Å². The van der Waals surface area contributed by atoms with Gasteiger partial charge in [0, 0.05) is 17.8 Å². The fraction of sp³-hybridized carbons (Fsp3) is 0.346. The minimum atomic E-state index is -4.83. The van der Waals surface area contributed by atoms with Crippen molar-refractivity contribution in [3.63, 3.8) is 0 Å². The molecular formula is C26H25F3N6O4. The molecule has 3 heterocycles. The minimum Gasteiger partial charge on any atom is -0.495 e. The normalized spacial score (nSPS) is 14.6. The van der Waals surface area contributed by atoms with Crippen LogP contribution >= 0.6 is 0 Å². The number of ether oxygens (including phenoxy) is 1. The van der Waals surface area contributed by atoms with Crippen LogP contribution in [0.4, 0.5) is 13.2 Å². The van der Waals surface area contributed by atoms with Gasteiger partial charge in [-0.25, -0.2) is 9.97 Å². The molecule has 5 rings (SSSR count). The van der Waals surface area contributed by atoms with E-state index in [9.17, 15) is 23.1 Å². The first kappa shape index (κ1) is 26.4. The van der Waals surface area contributed by atoms with E-state index >= 15 is 0 Å².